The van der Waals surface area contributed by atoms with Crippen molar-refractivity contribution in [1.82, 2.24) is 4.98 Å². The summed E-state index contributed by atoms with van der Waals surface area (Å²) in [5.74, 6) is -0.668. The first-order chi connectivity index (χ1) is 15.1. The molecule has 0 bridgehead atoms. The molecule has 1 aromatic heterocycles. The van der Waals surface area contributed by atoms with E-state index in [1.54, 1.807) is 19.1 Å². The number of aliphatic hydroxyl groups excluding tert-OH is 2. The van der Waals surface area contributed by atoms with Gasteiger partial charge in [-0.3, -0.25) is 9.78 Å². The minimum Gasteiger partial charge on any atom is -0.493 e. The Morgan fingerprint density at radius 3 is 2.66 bits per heavy atom. The normalized spacial score (nSPS) is 23.1. The number of carbonyl (C=O) groups is 1. The van der Waals surface area contributed by atoms with Crippen LogP contribution >= 0.6 is 0 Å². The van der Waals surface area contributed by atoms with Crippen LogP contribution in [0.4, 0.5) is 10.1 Å². The van der Waals surface area contributed by atoms with E-state index in [4.69, 9.17) is 14.6 Å². The van der Waals surface area contributed by atoms with Crippen molar-refractivity contribution in [2.24, 2.45) is 5.92 Å². The second-order valence-corrected chi connectivity index (χ2v) is 8.64. The van der Waals surface area contributed by atoms with Crippen LogP contribution in [0, 0.1) is 18.7 Å². The van der Waals surface area contributed by atoms with Gasteiger partial charge in [-0.25, -0.2) is 4.39 Å². The van der Waals surface area contributed by atoms with Crippen molar-refractivity contribution >= 4 is 11.6 Å². The first-order valence-corrected chi connectivity index (χ1v) is 10.8. The molecule has 1 aliphatic heterocycles. The predicted octanol–water partition coefficient (Wildman–Crippen LogP) is 3.49. The van der Waals surface area contributed by atoms with Crippen molar-refractivity contribution in [3.63, 3.8) is 0 Å². The van der Waals surface area contributed by atoms with Crippen LogP contribution in [0.2, 0.25) is 0 Å². The number of ether oxygens (including phenoxy) is 2. The van der Waals surface area contributed by atoms with Gasteiger partial charge >= 0.3 is 0 Å². The van der Waals surface area contributed by atoms with Crippen LogP contribution in [-0.2, 0) is 9.53 Å². The minimum absolute atomic E-state index is 0.0532. The van der Waals surface area contributed by atoms with Gasteiger partial charge in [0.25, 0.3) is 5.91 Å². The first-order valence-electron chi connectivity index (χ1n) is 10.8. The van der Waals surface area contributed by atoms with E-state index in [0.29, 0.717) is 29.3 Å². The molecule has 3 rings (SSSR count). The zero-order chi connectivity index (χ0) is 23.6. The molecule has 32 heavy (non-hydrogen) atoms. The third kappa shape index (κ3) is 4.62. The maximum absolute atomic E-state index is 14.2. The molecule has 8 heteroatoms. The molecule has 1 aromatic carbocycles. The number of nitrogens with zero attached hydrogens (tertiary/aromatic N) is 1. The summed E-state index contributed by atoms with van der Waals surface area (Å²) in [5, 5.41) is 21.5. The Labute approximate surface area is 187 Å². The summed E-state index contributed by atoms with van der Waals surface area (Å²) < 4.78 is 26.2. The fourth-order valence-corrected chi connectivity index (χ4v) is 4.12. The first kappa shape index (κ1) is 24.1. The van der Waals surface area contributed by atoms with Gasteiger partial charge in [-0.2, -0.15) is 0 Å². The molecule has 2 heterocycles. The molecule has 1 saturated heterocycles. The largest absolute Gasteiger partial charge is 0.493 e. The molecular formula is C24H31FN2O5. The lowest BCUT2D eigenvalue weighted by Gasteiger charge is -2.26. The number of carbonyl (C=O) groups excluding carboxylic acids is 1. The van der Waals surface area contributed by atoms with E-state index >= 15 is 0 Å². The van der Waals surface area contributed by atoms with Crippen molar-refractivity contribution < 1.29 is 28.9 Å². The molecule has 4 atom stereocenters. The van der Waals surface area contributed by atoms with Gasteiger partial charge in [0.05, 0.1) is 36.4 Å². The number of benzene rings is 1. The highest BCUT2D eigenvalue weighted by Crippen LogP contribution is 2.49. The number of aliphatic hydroxyl groups is 2. The third-order valence-electron chi connectivity index (χ3n) is 6.24. The second kappa shape index (κ2) is 9.52. The van der Waals surface area contributed by atoms with Gasteiger partial charge in [-0.15, -0.1) is 0 Å². The molecule has 1 aliphatic rings. The summed E-state index contributed by atoms with van der Waals surface area (Å²) in [5.41, 5.74) is 1.29. The number of pyridine rings is 1. The highest BCUT2D eigenvalue weighted by atomic mass is 19.1. The SMILES string of the molecule is CCOc1c([C@H]2[C@H](C(=O)Nc3ccc([C@@H](O)CO)nc3)OC(C)(C)[C@H]2C)ccc(F)c1C. The maximum Gasteiger partial charge on any atom is 0.254 e. The lowest BCUT2D eigenvalue weighted by atomic mass is 9.77. The van der Waals surface area contributed by atoms with E-state index < -0.39 is 24.4 Å². The summed E-state index contributed by atoms with van der Waals surface area (Å²) in [6.45, 7) is 9.31. The predicted molar refractivity (Wildman–Crippen MR) is 118 cm³/mol. The van der Waals surface area contributed by atoms with Crippen LogP contribution in [0.1, 0.15) is 56.5 Å². The monoisotopic (exact) mass is 446 g/mol. The van der Waals surface area contributed by atoms with Crippen LogP contribution in [0.5, 0.6) is 5.75 Å². The van der Waals surface area contributed by atoms with Crippen molar-refractivity contribution in [3.05, 3.63) is 53.1 Å². The zero-order valence-corrected chi connectivity index (χ0v) is 19.1. The van der Waals surface area contributed by atoms with Crippen LogP contribution in [0.25, 0.3) is 0 Å². The average Bonchev–Trinajstić information content (AvgIpc) is 3.01. The molecule has 0 spiro atoms. The number of aromatic nitrogens is 1. The fraction of sp³-hybridized carbons (Fsp3) is 0.500. The van der Waals surface area contributed by atoms with Gasteiger partial charge in [0.15, 0.2) is 0 Å². The van der Waals surface area contributed by atoms with Crippen molar-refractivity contribution in [2.75, 3.05) is 18.5 Å². The summed E-state index contributed by atoms with van der Waals surface area (Å²) in [7, 11) is 0. The zero-order valence-electron chi connectivity index (χ0n) is 19.1. The van der Waals surface area contributed by atoms with Gasteiger partial charge in [-0.1, -0.05) is 13.0 Å². The molecule has 0 radical (unpaired) electrons. The molecular weight excluding hydrogens is 415 g/mol. The molecule has 2 aromatic rings. The number of rotatable bonds is 7. The van der Waals surface area contributed by atoms with E-state index in [2.05, 4.69) is 10.3 Å². The molecule has 174 valence electrons. The summed E-state index contributed by atoms with van der Waals surface area (Å²) in [6.07, 6.45) is -0.493. The lowest BCUT2D eigenvalue weighted by molar-refractivity contribution is -0.131. The standard InChI is InChI=1S/C24H31FN2O5/c1-6-31-21-13(2)17(25)9-8-16(21)20-14(3)24(4,5)32-22(20)23(30)27-15-7-10-18(26-11-15)19(29)12-28/h7-11,14,19-20,22,28-29H,6,12H2,1-5H3,(H,27,30)/t14-,19-,20-,22+/m0/s1. The van der Waals surface area contributed by atoms with Crippen molar-refractivity contribution in [3.8, 4) is 5.75 Å². The smallest absolute Gasteiger partial charge is 0.254 e. The lowest BCUT2D eigenvalue weighted by Crippen LogP contribution is -2.33. The van der Waals surface area contributed by atoms with E-state index in [0.717, 1.165) is 5.56 Å². The van der Waals surface area contributed by atoms with Gasteiger partial charge < -0.3 is 25.0 Å². The summed E-state index contributed by atoms with van der Waals surface area (Å²) >= 11 is 0. The molecule has 7 nitrogen and oxygen atoms in total. The van der Waals surface area contributed by atoms with Crippen LogP contribution in [0.3, 0.4) is 0 Å². The Bertz CT molecular complexity index is 964. The number of amides is 1. The van der Waals surface area contributed by atoms with E-state index in [1.807, 2.05) is 27.7 Å². The Kier molecular flexibility index (Phi) is 7.17. The maximum atomic E-state index is 14.2. The van der Waals surface area contributed by atoms with E-state index in [1.165, 1.54) is 18.3 Å². The van der Waals surface area contributed by atoms with Crippen molar-refractivity contribution in [2.45, 2.75) is 58.3 Å². The molecule has 1 amide bonds. The minimum atomic E-state index is -1.08. The average molecular weight is 447 g/mol. The number of nitrogens with one attached hydrogen (secondary N) is 1. The van der Waals surface area contributed by atoms with Crippen LogP contribution in [-0.4, -0.2) is 46.0 Å². The Balaban J connectivity index is 1.93. The highest BCUT2D eigenvalue weighted by molar-refractivity contribution is 5.95. The second-order valence-electron chi connectivity index (χ2n) is 8.64. The number of anilines is 1. The van der Waals surface area contributed by atoms with Crippen molar-refractivity contribution in [1.29, 1.82) is 0 Å². The van der Waals surface area contributed by atoms with Gasteiger partial charge in [0, 0.05) is 17.0 Å². The fourth-order valence-electron chi connectivity index (χ4n) is 4.12. The number of halogens is 1. The number of hydrogen-bond donors (Lipinski definition) is 3. The number of hydrogen-bond acceptors (Lipinski definition) is 6. The quantitative estimate of drug-likeness (QED) is 0.602. The summed E-state index contributed by atoms with van der Waals surface area (Å²) in [6, 6.07) is 6.21. The Morgan fingerprint density at radius 2 is 2.06 bits per heavy atom. The van der Waals surface area contributed by atoms with Gasteiger partial charge in [0.2, 0.25) is 0 Å². The molecule has 0 unspecified atom stereocenters. The topological polar surface area (TPSA) is 101 Å². The molecule has 0 saturated carbocycles. The van der Waals surface area contributed by atoms with Crippen LogP contribution in [0.15, 0.2) is 30.5 Å². The van der Waals surface area contributed by atoms with Gasteiger partial charge in [0.1, 0.15) is 23.8 Å². The molecule has 1 fully saturated rings. The summed E-state index contributed by atoms with van der Waals surface area (Å²) in [4.78, 5) is 17.3. The molecule has 3 N–H and O–H groups in total. The molecule has 0 aliphatic carbocycles. The Morgan fingerprint density at radius 1 is 1.34 bits per heavy atom. The van der Waals surface area contributed by atoms with Gasteiger partial charge in [-0.05, 0) is 51.8 Å². The van der Waals surface area contributed by atoms with E-state index in [-0.39, 0.29) is 23.6 Å². The third-order valence-corrected chi connectivity index (χ3v) is 6.24. The van der Waals surface area contributed by atoms with E-state index in [9.17, 15) is 14.3 Å². The van der Waals surface area contributed by atoms with Crippen LogP contribution < -0.4 is 10.1 Å². The highest BCUT2D eigenvalue weighted by Gasteiger charge is 2.51. The Hall–Kier alpha value is -2.55.